The van der Waals surface area contributed by atoms with Gasteiger partial charge in [-0.25, -0.2) is 19.7 Å². The van der Waals surface area contributed by atoms with Crippen LogP contribution in [0.3, 0.4) is 0 Å². The number of aryl methyl sites for hydroxylation is 3. The van der Waals surface area contributed by atoms with Crippen molar-refractivity contribution in [3.05, 3.63) is 88.4 Å². The SMILES string of the molecule is Cc1nc(-c2ccc(Cn3c(=O)n(C)c4cnc(-c5ccccc5C(C)C)nc43)cc2)cn1C. The second kappa shape index (κ2) is 8.41. The number of benzene rings is 2. The molecule has 7 nitrogen and oxygen atoms in total. The largest absolute Gasteiger partial charge is 0.338 e. The van der Waals surface area contributed by atoms with E-state index in [-0.39, 0.29) is 5.69 Å². The Hall–Kier alpha value is -4.00. The maximum absolute atomic E-state index is 13.1. The Morgan fingerprint density at radius 1 is 0.971 bits per heavy atom. The molecule has 0 radical (unpaired) electrons. The molecule has 0 aliphatic rings. The minimum absolute atomic E-state index is 0.108. The van der Waals surface area contributed by atoms with Crippen LogP contribution in [0.1, 0.15) is 36.7 Å². The van der Waals surface area contributed by atoms with E-state index >= 15 is 0 Å². The highest BCUT2D eigenvalue weighted by molar-refractivity contribution is 5.74. The van der Waals surface area contributed by atoms with Gasteiger partial charge in [0.2, 0.25) is 0 Å². The molecule has 5 aromatic rings. The van der Waals surface area contributed by atoms with Crippen molar-refractivity contribution in [3.8, 4) is 22.6 Å². The van der Waals surface area contributed by atoms with Crippen LogP contribution in [0.25, 0.3) is 33.8 Å². The molecule has 3 heterocycles. The van der Waals surface area contributed by atoms with Gasteiger partial charge >= 0.3 is 5.69 Å². The van der Waals surface area contributed by atoms with Crippen LogP contribution in [0.2, 0.25) is 0 Å². The molecular formula is C27H28N6O. The van der Waals surface area contributed by atoms with Crippen LogP contribution in [0.15, 0.2) is 65.7 Å². The predicted molar refractivity (Wildman–Crippen MR) is 135 cm³/mol. The van der Waals surface area contributed by atoms with Crippen LogP contribution in [0.5, 0.6) is 0 Å². The molecule has 2 aromatic carbocycles. The average molecular weight is 453 g/mol. The molecule has 0 saturated heterocycles. The Morgan fingerprint density at radius 3 is 2.38 bits per heavy atom. The summed E-state index contributed by atoms with van der Waals surface area (Å²) in [5.74, 6) is 1.95. The first kappa shape index (κ1) is 21.8. The Labute approximate surface area is 198 Å². The van der Waals surface area contributed by atoms with E-state index in [4.69, 9.17) is 4.98 Å². The Balaban J connectivity index is 1.54. The van der Waals surface area contributed by atoms with Gasteiger partial charge in [-0.05, 0) is 24.0 Å². The number of fused-ring (bicyclic) bond motifs is 1. The third-order valence-electron chi connectivity index (χ3n) is 6.41. The standard InChI is InChI=1S/C27H28N6O/c1-17(2)21-8-6-7-9-22(21)25-28-14-24-26(30-25)33(27(34)32(24)5)15-19-10-12-20(13-11-19)23-16-31(4)18(3)29-23/h6-14,16-17H,15H2,1-5H3. The van der Waals surface area contributed by atoms with Gasteiger partial charge in [-0.3, -0.25) is 9.13 Å². The number of hydrogen-bond acceptors (Lipinski definition) is 4. The van der Waals surface area contributed by atoms with Gasteiger partial charge in [-0.2, -0.15) is 0 Å². The van der Waals surface area contributed by atoms with E-state index in [1.165, 1.54) is 5.56 Å². The molecule has 0 saturated carbocycles. The second-order valence-electron chi connectivity index (χ2n) is 9.05. The van der Waals surface area contributed by atoms with Crippen molar-refractivity contribution in [1.82, 2.24) is 28.7 Å². The third kappa shape index (κ3) is 3.73. The molecule has 172 valence electrons. The monoisotopic (exact) mass is 452 g/mol. The van der Waals surface area contributed by atoms with Gasteiger partial charge in [-0.1, -0.05) is 62.4 Å². The van der Waals surface area contributed by atoms with E-state index in [2.05, 4.69) is 29.9 Å². The molecule has 0 fully saturated rings. The topological polar surface area (TPSA) is 70.5 Å². The van der Waals surface area contributed by atoms with Crippen molar-refractivity contribution in [2.24, 2.45) is 14.1 Å². The first-order valence-corrected chi connectivity index (χ1v) is 11.4. The van der Waals surface area contributed by atoms with E-state index in [1.54, 1.807) is 22.4 Å². The number of aromatic nitrogens is 6. The van der Waals surface area contributed by atoms with Gasteiger partial charge in [-0.15, -0.1) is 0 Å². The Morgan fingerprint density at radius 2 is 1.71 bits per heavy atom. The van der Waals surface area contributed by atoms with Gasteiger partial charge in [0.15, 0.2) is 11.5 Å². The molecule has 3 aromatic heterocycles. The van der Waals surface area contributed by atoms with Crippen LogP contribution in [0, 0.1) is 6.92 Å². The van der Waals surface area contributed by atoms with Gasteiger partial charge in [0.1, 0.15) is 11.3 Å². The number of rotatable bonds is 5. The van der Waals surface area contributed by atoms with E-state index in [1.807, 2.05) is 67.2 Å². The molecule has 0 bridgehead atoms. The summed E-state index contributed by atoms with van der Waals surface area (Å²) in [7, 11) is 3.75. The van der Waals surface area contributed by atoms with Crippen molar-refractivity contribution >= 4 is 11.2 Å². The molecule has 34 heavy (non-hydrogen) atoms. The zero-order valence-electron chi connectivity index (χ0n) is 20.1. The van der Waals surface area contributed by atoms with Crippen LogP contribution < -0.4 is 5.69 Å². The summed E-state index contributed by atoms with van der Waals surface area (Å²) in [5, 5.41) is 0. The summed E-state index contributed by atoms with van der Waals surface area (Å²) >= 11 is 0. The minimum atomic E-state index is -0.108. The van der Waals surface area contributed by atoms with Gasteiger partial charge in [0.05, 0.1) is 18.4 Å². The van der Waals surface area contributed by atoms with E-state index in [0.29, 0.717) is 23.9 Å². The summed E-state index contributed by atoms with van der Waals surface area (Å²) < 4.78 is 5.34. The predicted octanol–water partition coefficient (Wildman–Crippen LogP) is 4.68. The number of hydrogen-bond donors (Lipinski definition) is 0. The summed E-state index contributed by atoms with van der Waals surface area (Å²) in [6.07, 6.45) is 3.77. The second-order valence-corrected chi connectivity index (χ2v) is 9.05. The van der Waals surface area contributed by atoms with Crippen molar-refractivity contribution in [2.75, 3.05) is 0 Å². The fourth-order valence-electron chi connectivity index (χ4n) is 4.31. The Kier molecular flexibility index (Phi) is 5.40. The zero-order chi connectivity index (χ0) is 24.0. The number of imidazole rings is 2. The van der Waals surface area contributed by atoms with Crippen LogP contribution >= 0.6 is 0 Å². The molecule has 0 amide bonds. The molecular weight excluding hydrogens is 424 g/mol. The smallest absolute Gasteiger partial charge is 0.330 e. The lowest BCUT2D eigenvalue weighted by Gasteiger charge is -2.11. The maximum atomic E-state index is 13.1. The summed E-state index contributed by atoms with van der Waals surface area (Å²) in [6, 6.07) is 16.4. The summed E-state index contributed by atoms with van der Waals surface area (Å²) in [6.45, 7) is 6.73. The lowest BCUT2D eigenvalue weighted by molar-refractivity contribution is 0.731. The molecule has 0 aliphatic carbocycles. The van der Waals surface area contributed by atoms with Crippen LogP contribution in [-0.2, 0) is 20.6 Å². The molecule has 0 atom stereocenters. The molecule has 0 unspecified atom stereocenters. The highest BCUT2D eigenvalue weighted by atomic mass is 16.1. The van der Waals surface area contributed by atoms with Gasteiger partial charge in [0.25, 0.3) is 0 Å². The molecule has 0 spiro atoms. The summed E-state index contributed by atoms with van der Waals surface area (Å²) in [4.78, 5) is 27.2. The number of nitrogens with zero attached hydrogens (tertiary/aromatic N) is 6. The van der Waals surface area contributed by atoms with Gasteiger partial charge < -0.3 is 4.57 Å². The van der Waals surface area contributed by atoms with Crippen LogP contribution in [-0.4, -0.2) is 28.7 Å². The summed E-state index contributed by atoms with van der Waals surface area (Å²) in [5.41, 5.74) is 6.44. The van der Waals surface area contributed by atoms with E-state index < -0.39 is 0 Å². The van der Waals surface area contributed by atoms with Crippen molar-refractivity contribution in [1.29, 1.82) is 0 Å². The first-order valence-electron chi connectivity index (χ1n) is 11.4. The molecule has 0 aliphatic heterocycles. The lowest BCUT2D eigenvalue weighted by atomic mass is 9.97. The normalized spacial score (nSPS) is 11.6. The third-order valence-corrected chi connectivity index (χ3v) is 6.41. The van der Waals surface area contributed by atoms with E-state index in [0.717, 1.165) is 33.7 Å². The van der Waals surface area contributed by atoms with Crippen molar-refractivity contribution in [3.63, 3.8) is 0 Å². The molecule has 0 N–H and O–H groups in total. The fraction of sp³-hybridized carbons (Fsp3) is 0.259. The lowest BCUT2D eigenvalue weighted by Crippen LogP contribution is -2.22. The molecule has 5 rings (SSSR count). The first-order chi connectivity index (χ1) is 16.3. The quantitative estimate of drug-likeness (QED) is 0.388. The van der Waals surface area contributed by atoms with Gasteiger partial charge in [0, 0.05) is 31.4 Å². The Bertz CT molecular complexity index is 1530. The van der Waals surface area contributed by atoms with Crippen molar-refractivity contribution in [2.45, 2.75) is 33.2 Å². The van der Waals surface area contributed by atoms with Crippen LogP contribution in [0.4, 0.5) is 0 Å². The fourth-order valence-corrected chi connectivity index (χ4v) is 4.31. The minimum Gasteiger partial charge on any atom is -0.338 e. The molecule has 7 heteroatoms. The van der Waals surface area contributed by atoms with E-state index in [9.17, 15) is 4.79 Å². The zero-order valence-corrected chi connectivity index (χ0v) is 20.1. The average Bonchev–Trinajstić information content (AvgIpc) is 3.30. The van der Waals surface area contributed by atoms with Crippen molar-refractivity contribution < 1.29 is 0 Å². The highest BCUT2D eigenvalue weighted by Gasteiger charge is 2.17. The highest BCUT2D eigenvalue weighted by Crippen LogP contribution is 2.27. The maximum Gasteiger partial charge on any atom is 0.330 e.